The summed E-state index contributed by atoms with van der Waals surface area (Å²) in [4.78, 5) is 2.49. The predicted octanol–water partition coefficient (Wildman–Crippen LogP) is 3.46. The van der Waals surface area contributed by atoms with E-state index in [9.17, 15) is 0 Å². The average molecular weight is 267 g/mol. The number of nitrogens with zero attached hydrogens (tertiary/aromatic N) is 1. The third-order valence-electron chi connectivity index (χ3n) is 3.86. The van der Waals surface area contributed by atoms with Crippen LogP contribution in [-0.2, 0) is 0 Å². The number of hydrogen-bond donors (Lipinski definition) is 1. The van der Waals surface area contributed by atoms with Gasteiger partial charge in [-0.1, -0.05) is 43.6 Å². The van der Waals surface area contributed by atoms with Crippen LogP contribution in [0, 0.1) is 5.41 Å². The Kier molecular flexibility index (Phi) is 4.31. The highest BCUT2D eigenvalue weighted by atomic mass is 35.5. The highest BCUT2D eigenvalue weighted by Crippen LogP contribution is 2.35. The molecule has 1 heterocycles. The quantitative estimate of drug-likeness (QED) is 0.908. The molecule has 3 heteroatoms. The maximum absolute atomic E-state index is 6.31. The van der Waals surface area contributed by atoms with Crippen LogP contribution >= 0.6 is 11.6 Å². The molecule has 0 spiro atoms. The summed E-state index contributed by atoms with van der Waals surface area (Å²) < 4.78 is 0. The lowest BCUT2D eigenvalue weighted by Gasteiger charge is -2.42. The van der Waals surface area contributed by atoms with Gasteiger partial charge in [0.1, 0.15) is 0 Å². The predicted molar refractivity (Wildman–Crippen MR) is 77.8 cm³/mol. The van der Waals surface area contributed by atoms with Gasteiger partial charge in [0.05, 0.1) is 0 Å². The van der Waals surface area contributed by atoms with Gasteiger partial charge in [-0.15, -0.1) is 0 Å². The van der Waals surface area contributed by atoms with Crippen molar-refractivity contribution < 1.29 is 0 Å². The van der Waals surface area contributed by atoms with Gasteiger partial charge in [-0.3, -0.25) is 4.90 Å². The van der Waals surface area contributed by atoms with Crippen molar-refractivity contribution in [2.45, 2.75) is 32.7 Å². The van der Waals surface area contributed by atoms with Gasteiger partial charge in [-0.25, -0.2) is 0 Å². The summed E-state index contributed by atoms with van der Waals surface area (Å²) in [7, 11) is 0. The first-order valence-corrected chi connectivity index (χ1v) is 7.10. The molecule has 0 amide bonds. The van der Waals surface area contributed by atoms with E-state index in [1.165, 1.54) is 18.4 Å². The summed E-state index contributed by atoms with van der Waals surface area (Å²) >= 11 is 6.31. The third kappa shape index (κ3) is 3.05. The van der Waals surface area contributed by atoms with Crippen LogP contribution in [0.2, 0.25) is 5.02 Å². The summed E-state index contributed by atoms with van der Waals surface area (Å²) in [6.07, 6.45) is 2.54. The first-order chi connectivity index (χ1) is 8.53. The number of halogens is 1. The second-order valence-electron chi connectivity index (χ2n) is 6.01. The molecule has 18 heavy (non-hydrogen) atoms. The van der Waals surface area contributed by atoms with Gasteiger partial charge in [0.2, 0.25) is 0 Å². The molecule has 100 valence electrons. The zero-order chi connectivity index (χ0) is 13.2. The molecule has 0 radical (unpaired) electrons. The topological polar surface area (TPSA) is 29.3 Å². The molecular weight excluding hydrogens is 244 g/mol. The molecule has 1 atom stereocenters. The summed E-state index contributed by atoms with van der Waals surface area (Å²) in [5.74, 6) is 0. The van der Waals surface area contributed by atoms with Crippen LogP contribution in [0.15, 0.2) is 24.3 Å². The maximum Gasteiger partial charge on any atom is 0.0485 e. The fraction of sp³-hybridized carbons (Fsp3) is 0.600. The second-order valence-corrected chi connectivity index (χ2v) is 6.42. The Labute approximate surface area is 115 Å². The molecule has 0 aromatic heterocycles. The number of piperidine rings is 1. The summed E-state index contributed by atoms with van der Waals surface area (Å²) in [6.45, 7) is 7.51. The molecule has 1 aliphatic rings. The zero-order valence-corrected chi connectivity index (χ0v) is 12.1. The highest BCUT2D eigenvalue weighted by molar-refractivity contribution is 6.31. The van der Waals surface area contributed by atoms with Gasteiger partial charge in [0, 0.05) is 24.2 Å². The van der Waals surface area contributed by atoms with Crippen molar-refractivity contribution in [3.8, 4) is 0 Å². The molecule has 2 N–H and O–H groups in total. The van der Waals surface area contributed by atoms with E-state index >= 15 is 0 Å². The standard InChI is InChI=1S/C15H23ClN2/c1-15(2)8-5-9-18(11-15)14(10-17)12-6-3-4-7-13(12)16/h3-4,6-7,14H,5,8-11,17H2,1-2H3. The van der Waals surface area contributed by atoms with E-state index in [0.717, 1.165) is 18.1 Å². The zero-order valence-electron chi connectivity index (χ0n) is 11.3. The molecule has 1 fully saturated rings. The number of rotatable bonds is 3. The third-order valence-corrected chi connectivity index (χ3v) is 4.20. The summed E-state index contributed by atoms with van der Waals surface area (Å²) in [6, 6.07) is 8.31. The Morgan fingerprint density at radius 3 is 2.72 bits per heavy atom. The SMILES string of the molecule is CC1(C)CCCN(C(CN)c2ccccc2Cl)C1. The van der Waals surface area contributed by atoms with Crippen LogP contribution in [0.3, 0.4) is 0 Å². The molecule has 2 nitrogen and oxygen atoms in total. The van der Waals surface area contributed by atoms with Crippen LogP contribution in [0.4, 0.5) is 0 Å². The Balaban J connectivity index is 2.21. The van der Waals surface area contributed by atoms with Crippen molar-refractivity contribution in [1.29, 1.82) is 0 Å². The fourth-order valence-electron chi connectivity index (χ4n) is 2.95. The monoisotopic (exact) mass is 266 g/mol. The first kappa shape index (κ1) is 13.9. The Bertz CT molecular complexity index is 403. The van der Waals surface area contributed by atoms with Gasteiger partial charge in [-0.05, 0) is 36.4 Å². The van der Waals surface area contributed by atoms with Crippen molar-refractivity contribution in [1.82, 2.24) is 4.90 Å². The van der Waals surface area contributed by atoms with Gasteiger partial charge in [0.25, 0.3) is 0 Å². The lowest BCUT2D eigenvalue weighted by Crippen LogP contribution is -2.44. The smallest absolute Gasteiger partial charge is 0.0485 e. The molecule has 0 saturated carbocycles. The molecule has 1 saturated heterocycles. The number of benzene rings is 1. The Morgan fingerprint density at radius 2 is 2.11 bits per heavy atom. The molecular formula is C15H23ClN2. The largest absolute Gasteiger partial charge is 0.329 e. The average Bonchev–Trinajstić information content (AvgIpc) is 2.31. The Hall–Kier alpha value is -0.570. The van der Waals surface area contributed by atoms with Crippen LogP contribution in [0.1, 0.15) is 38.3 Å². The number of hydrogen-bond acceptors (Lipinski definition) is 2. The van der Waals surface area contributed by atoms with Gasteiger partial charge in [0.15, 0.2) is 0 Å². The van der Waals surface area contributed by atoms with Crippen LogP contribution in [0.5, 0.6) is 0 Å². The van der Waals surface area contributed by atoms with Crippen molar-refractivity contribution in [3.63, 3.8) is 0 Å². The minimum atomic E-state index is 0.248. The molecule has 1 aliphatic heterocycles. The van der Waals surface area contributed by atoms with E-state index in [2.05, 4.69) is 24.8 Å². The molecule has 1 unspecified atom stereocenters. The van der Waals surface area contributed by atoms with E-state index in [-0.39, 0.29) is 6.04 Å². The van der Waals surface area contributed by atoms with Crippen molar-refractivity contribution in [3.05, 3.63) is 34.9 Å². The van der Waals surface area contributed by atoms with E-state index in [4.69, 9.17) is 17.3 Å². The van der Waals surface area contributed by atoms with Crippen LogP contribution in [0.25, 0.3) is 0 Å². The minimum absolute atomic E-state index is 0.248. The van der Waals surface area contributed by atoms with Crippen LogP contribution in [-0.4, -0.2) is 24.5 Å². The molecule has 0 bridgehead atoms. The minimum Gasteiger partial charge on any atom is -0.329 e. The molecule has 1 aromatic carbocycles. The van der Waals surface area contributed by atoms with Crippen molar-refractivity contribution >= 4 is 11.6 Å². The highest BCUT2D eigenvalue weighted by Gasteiger charge is 2.31. The second kappa shape index (κ2) is 5.60. The number of likely N-dealkylation sites (tertiary alicyclic amines) is 1. The fourth-order valence-corrected chi connectivity index (χ4v) is 3.21. The van der Waals surface area contributed by atoms with Gasteiger partial charge >= 0.3 is 0 Å². The van der Waals surface area contributed by atoms with E-state index < -0.39 is 0 Å². The summed E-state index contributed by atoms with van der Waals surface area (Å²) in [5.41, 5.74) is 7.54. The van der Waals surface area contributed by atoms with Crippen molar-refractivity contribution in [2.75, 3.05) is 19.6 Å². The van der Waals surface area contributed by atoms with E-state index in [1.807, 2.05) is 18.2 Å². The summed E-state index contributed by atoms with van der Waals surface area (Å²) in [5, 5.41) is 0.830. The first-order valence-electron chi connectivity index (χ1n) is 6.72. The maximum atomic E-state index is 6.31. The lowest BCUT2D eigenvalue weighted by molar-refractivity contribution is 0.0807. The van der Waals surface area contributed by atoms with Gasteiger partial charge < -0.3 is 5.73 Å². The van der Waals surface area contributed by atoms with Gasteiger partial charge in [-0.2, -0.15) is 0 Å². The van der Waals surface area contributed by atoms with Crippen LogP contribution < -0.4 is 5.73 Å². The van der Waals surface area contributed by atoms with E-state index in [0.29, 0.717) is 12.0 Å². The van der Waals surface area contributed by atoms with E-state index in [1.54, 1.807) is 0 Å². The molecule has 2 rings (SSSR count). The molecule has 1 aromatic rings. The Morgan fingerprint density at radius 1 is 1.39 bits per heavy atom. The normalized spacial score (nSPS) is 21.8. The van der Waals surface area contributed by atoms with Crippen molar-refractivity contribution in [2.24, 2.45) is 11.1 Å². The lowest BCUT2D eigenvalue weighted by atomic mass is 9.83. The number of nitrogens with two attached hydrogens (primary N) is 1. The molecule has 0 aliphatic carbocycles.